The molecule has 0 aliphatic rings. The molecule has 2 rings (SSSR count). The average Bonchev–Trinajstić information content (AvgIpc) is 2.40. The molecule has 0 saturated heterocycles. The van der Waals surface area contributed by atoms with Crippen molar-refractivity contribution in [1.29, 1.82) is 0 Å². The summed E-state index contributed by atoms with van der Waals surface area (Å²) >= 11 is 0. The van der Waals surface area contributed by atoms with E-state index in [0.29, 0.717) is 5.56 Å². The lowest BCUT2D eigenvalue weighted by atomic mass is 10.0. The monoisotopic (exact) mass is 285 g/mol. The molecule has 1 aromatic carbocycles. The zero-order chi connectivity index (χ0) is 14.9. The number of hydrogen-bond acceptors (Lipinski definition) is 3. The van der Waals surface area contributed by atoms with E-state index >= 15 is 0 Å². The fraction of sp³-hybridized carbons (Fsp3) is 0.231. The molecule has 0 amide bonds. The van der Waals surface area contributed by atoms with Crippen LogP contribution in [0.1, 0.15) is 11.3 Å². The summed E-state index contributed by atoms with van der Waals surface area (Å²) in [7, 11) is 1.41. The number of anilines is 1. The van der Waals surface area contributed by atoms with Crippen LogP contribution in [0.5, 0.6) is 0 Å². The molecule has 0 saturated carbocycles. The Morgan fingerprint density at radius 2 is 1.85 bits per heavy atom. The number of aromatic nitrogens is 2. The molecule has 0 unspecified atom stereocenters. The Labute approximate surface area is 112 Å². The molecule has 106 valence electrons. The zero-order valence-electron chi connectivity index (χ0n) is 10.7. The molecule has 0 aliphatic heterocycles. The highest BCUT2D eigenvalue weighted by molar-refractivity contribution is 5.65. The minimum absolute atomic E-state index is 0.0219. The van der Waals surface area contributed by atoms with Gasteiger partial charge in [0, 0.05) is 12.6 Å². The Bertz CT molecular complexity index is 638. The van der Waals surface area contributed by atoms with Crippen molar-refractivity contribution < 1.29 is 17.6 Å². The predicted octanol–water partition coefficient (Wildman–Crippen LogP) is 3.65. The van der Waals surface area contributed by atoms with E-state index in [1.807, 2.05) is 0 Å². The van der Waals surface area contributed by atoms with Crippen LogP contribution in [0.15, 0.2) is 24.3 Å². The van der Waals surface area contributed by atoms with E-state index in [1.165, 1.54) is 32.2 Å². The van der Waals surface area contributed by atoms with Crippen molar-refractivity contribution in [3.8, 4) is 11.3 Å². The van der Waals surface area contributed by atoms with E-state index in [2.05, 4.69) is 15.3 Å². The van der Waals surface area contributed by atoms with Crippen molar-refractivity contribution in [3.05, 3.63) is 41.3 Å². The lowest BCUT2D eigenvalue weighted by molar-refractivity contribution is -0.141. The van der Waals surface area contributed by atoms with Crippen LogP contribution >= 0.6 is 0 Å². The fourth-order valence-electron chi connectivity index (χ4n) is 1.73. The largest absolute Gasteiger partial charge is 0.433 e. The molecular formula is C13H11F4N3. The summed E-state index contributed by atoms with van der Waals surface area (Å²) in [6, 6.07) is 4.98. The third-order valence-corrected chi connectivity index (χ3v) is 2.78. The highest BCUT2D eigenvalue weighted by atomic mass is 19.4. The molecule has 0 radical (unpaired) electrons. The Hall–Kier alpha value is -2.18. The topological polar surface area (TPSA) is 37.8 Å². The molecule has 3 nitrogen and oxygen atoms in total. The van der Waals surface area contributed by atoms with Crippen molar-refractivity contribution in [2.75, 3.05) is 12.4 Å². The number of halogens is 4. The minimum atomic E-state index is -4.59. The van der Waals surface area contributed by atoms with Gasteiger partial charge in [-0.3, -0.25) is 0 Å². The third-order valence-electron chi connectivity index (χ3n) is 2.78. The van der Waals surface area contributed by atoms with Crippen LogP contribution in [0.2, 0.25) is 0 Å². The number of alkyl halides is 3. The van der Waals surface area contributed by atoms with Gasteiger partial charge in [0.25, 0.3) is 0 Å². The molecule has 0 fully saturated rings. The van der Waals surface area contributed by atoms with E-state index in [0.717, 1.165) is 6.07 Å². The van der Waals surface area contributed by atoms with Gasteiger partial charge in [0.05, 0.1) is 5.69 Å². The summed E-state index contributed by atoms with van der Waals surface area (Å²) in [4.78, 5) is 7.31. The van der Waals surface area contributed by atoms with Gasteiger partial charge in [-0.15, -0.1) is 0 Å². The van der Waals surface area contributed by atoms with Crippen LogP contribution in [0, 0.1) is 12.7 Å². The molecule has 2 aromatic rings. The van der Waals surface area contributed by atoms with Gasteiger partial charge in [0.1, 0.15) is 5.82 Å². The van der Waals surface area contributed by atoms with Gasteiger partial charge in [0.15, 0.2) is 5.69 Å². The Morgan fingerprint density at radius 1 is 1.15 bits per heavy atom. The molecule has 0 bridgehead atoms. The first kappa shape index (κ1) is 14.2. The van der Waals surface area contributed by atoms with E-state index in [4.69, 9.17) is 0 Å². The molecule has 1 heterocycles. The van der Waals surface area contributed by atoms with Gasteiger partial charge < -0.3 is 5.32 Å². The van der Waals surface area contributed by atoms with E-state index in [1.54, 1.807) is 0 Å². The summed E-state index contributed by atoms with van der Waals surface area (Å²) in [5.74, 6) is -0.667. The summed E-state index contributed by atoms with van der Waals surface area (Å²) in [6.45, 7) is 1.49. The van der Waals surface area contributed by atoms with E-state index in [9.17, 15) is 17.6 Å². The molecule has 1 N–H and O–H groups in total. The van der Waals surface area contributed by atoms with Gasteiger partial charge in [-0.2, -0.15) is 13.2 Å². The zero-order valence-corrected chi connectivity index (χ0v) is 10.7. The van der Waals surface area contributed by atoms with E-state index in [-0.39, 0.29) is 17.2 Å². The number of benzene rings is 1. The molecule has 7 heteroatoms. The second-order valence-corrected chi connectivity index (χ2v) is 4.12. The Kier molecular flexibility index (Phi) is 3.61. The lowest BCUT2D eigenvalue weighted by Crippen LogP contribution is -2.11. The predicted molar refractivity (Wildman–Crippen MR) is 66.7 cm³/mol. The van der Waals surface area contributed by atoms with Crippen LogP contribution in [-0.4, -0.2) is 17.0 Å². The molecular weight excluding hydrogens is 274 g/mol. The average molecular weight is 285 g/mol. The van der Waals surface area contributed by atoms with Crippen LogP contribution in [0.25, 0.3) is 11.3 Å². The first-order valence-corrected chi connectivity index (χ1v) is 5.72. The summed E-state index contributed by atoms with van der Waals surface area (Å²) in [6.07, 6.45) is -4.59. The SMILES string of the molecule is CNc1nc(-c2cccc(F)c2C)cc(C(F)(F)F)n1. The number of nitrogens with one attached hydrogen (secondary N) is 1. The molecule has 0 atom stereocenters. The normalized spacial score (nSPS) is 11.5. The molecule has 20 heavy (non-hydrogen) atoms. The second kappa shape index (κ2) is 5.07. The Morgan fingerprint density at radius 3 is 2.45 bits per heavy atom. The summed E-state index contributed by atoms with van der Waals surface area (Å²) in [5, 5.41) is 2.47. The maximum Gasteiger partial charge on any atom is 0.433 e. The number of rotatable bonds is 2. The minimum Gasteiger partial charge on any atom is -0.357 e. The summed E-state index contributed by atoms with van der Waals surface area (Å²) in [5.41, 5.74) is -0.514. The maximum absolute atomic E-state index is 13.5. The van der Waals surface area contributed by atoms with E-state index < -0.39 is 17.7 Å². The lowest BCUT2D eigenvalue weighted by Gasteiger charge is -2.11. The second-order valence-electron chi connectivity index (χ2n) is 4.12. The number of hydrogen-bond donors (Lipinski definition) is 1. The van der Waals surface area contributed by atoms with Gasteiger partial charge in [-0.1, -0.05) is 12.1 Å². The van der Waals surface area contributed by atoms with Crippen LogP contribution in [0.4, 0.5) is 23.5 Å². The van der Waals surface area contributed by atoms with Gasteiger partial charge in [0.2, 0.25) is 5.95 Å². The first-order valence-electron chi connectivity index (χ1n) is 5.72. The Balaban J connectivity index is 2.65. The third kappa shape index (κ3) is 2.71. The molecule has 0 aliphatic carbocycles. The van der Waals surface area contributed by atoms with Crippen LogP contribution in [-0.2, 0) is 6.18 Å². The van der Waals surface area contributed by atoms with Crippen molar-refractivity contribution in [3.63, 3.8) is 0 Å². The highest BCUT2D eigenvalue weighted by Gasteiger charge is 2.33. The summed E-state index contributed by atoms with van der Waals surface area (Å²) < 4.78 is 51.9. The highest BCUT2D eigenvalue weighted by Crippen LogP contribution is 2.32. The number of nitrogens with zero attached hydrogens (tertiary/aromatic N) is 2. The van der Waals surface area contributed by atoms with Crippen molar-refractivity contribution >= 4 is 5.95 Å². The van der Waals surface area contributed by atoms with Crippen LogP contribution in [0.3, 0.4) is 0 Å². The smallest absolute Gasteiger partial charge is 0.357 e. The molecule has 0 spiro atoms. The van der Waals surface area contributed by atoms with Crippen LogP contribution < -0.4 is 5.32 Å². The standard InChI is InChI=1S/C13H11F4N3/c1-7-8(4-3-5-9(7)14)10-6-11(13(15,16)17)20-12(18-2)19-10/h3-6H,1-2H3,(H,18,19,20). The van der Waals surface area contributed by atoms with Gasteiger partial charge in [-0.25, -0.2) is 14.4 Å². The fourth-order valence-corrected chi connectivity index (χ4v) is 1.73. The van der Waals surface area contributed by atoms with Crippen molar-refractivity contribution in [2.45, 2.75) is 13.1 Å². The van der Waals surface area contributed by atoms with Crippen molar-refractivity contribution in [1.82, 2.24) is 9.97 Å². The molecule has 1 aromatic heterocycles. The van der Waals surface area contributed by atoms with Gasteiger partial charge in [-0.05, 0) is 24.6 Å². The first-order chi connectivity index (χ1) is 9.32. The van der Waals surface area contributed by atoms with Crippen molar-refractivity contribution in [2.24, 2.45) is 0 Å². The quantitative estimate of drug-likeness (QED) is 0.856. The van der Waals surface area contributed by atoms with Gasteiger partial charge >= 0.3 is 6.18 Å². The maximum atomic E-state index is 13.5.